The summed E-state index contributed by atoms with van der Waals surface area (Å²) in [6.07, 6.45) is 5.06. The van der Waals surface area contributed by atoms with E-state index in [0.29, 0.717) is 17.4 Å². The number of nitrogens with one attached hydrogen (secondary N) is 1. The number of hydrogen-bond donors (Lipinski definition) is 1. The third-order valence-electron chi connectivity index (χ3n) is 6.21. The van der Waals surface area contributed by atoms with Crippen LogP contribution in [0.25, 0.3) is 11.3 Å². The zero-order valence-corrected chi connectivity index (χ0v) is 15.4. The molecule has 1 N–H and O–H groups in total. The fourth-order valence-electron chi connectivity index (χ4n) is 3.89. The molecular weight excluding hydrogens is 312 g/mol. The van der Waals surface area contributed by atoms with E-state index in [2.05, 4.69) is 30.4 Å². The molecule has 1 aromatic heterocycles. The molecule has 2 fully saturated rings. The molecule has 0 bridgehead atoms. The molecule has 4 rings (SSSR count). The van der Waals surface area contributed by atoms with Crippen LogP contribution < -0.4 is 10.1 Å². The summed E-state index contributed by atoms with van der Waals surface area (Å²) in [5, 5.41) is 8.08. The van der Waals surface area contributed by atoms with Crippen molar-refractivity contribution in [2.24, 2.45) is 17.3 Å². The number of aromatic nitrogens is 1. The Bertz CT molecular complexity index is 716. The molecule has 2 aliphatic rings. The van der Waals surface area contributed by atoms with Crippen LogP contribution in [0, 0.1) is 17.3 Å². The quantitative estimate of drug-likeness (QED) is 0.816. The van der Waals surface area contributed by atoms with E-state index in [-0.39, 0.29) is 0 Å². The highest BCUT2D eigenvalue weighted by atomic mass is 16.5. The van der Waals surface area contributed by atoms with Crippen LogP contribution in [-0.2, 0) is 6.42 Å². The van der Waals surface area contributed by atoms with E-state index in [9.17, 15) is 0 Å². The van der Waals surface area contributed by atoms with Crippen LogP contribution in [0.5, 0.6) is 5.75 Å². The van der Waals surface area contributed by atoms with Crippen LogP contribution in [0.1, 0.15) is 38.8 Å². The molecule has 25 heavy (non-hydrogen) atoms. The van der Waals surface area contributed by atoms with Gasteiger partial charge in [0.25, 0.3) is 0 Å². The van der Waals surface area contributed by atoms with Gasteiger partial charge in [0.1, 0.15) is 5.75 Å². The van der Waals surface area contributed by atoms with Crippen LogP contribution in [-0.4, -0.2) is 24.9 Å². The summed E-state index contributed by atoms with van der Waals surface area (Å²) in [4.78, 5) is 0. The zero-order chi connectivity index (χ0) is 17.4. The van der Waals surface area contributed by atoms with Crippen molar-refractivity contribution in [3.63, 3.8) is 0 Å². The molecule has 2 atom stereocenters. The van der Waals surface area contributed by atoms with Crippen molar-refractivity contribution in [1.82, 2.24) is 10.5 Å². The highest BCUT2D eigenvalue weighted by Crippen LogP contribution is 2.48. The Hall–Kier alpha value is -1.81. The van der Waals surface area contributed by atoms with Gasteiger partial charge < -0.3 is 14.6 Å². The Labute approximate surface area is 149 Å². The topological polar surface area (TPSA) is 47.3 Å². The van der Waals surface area contributed by atoms with Crippen LogP contribution in [0.3, 0.4) is 0 Å². The largest absolute Gasteiger partial charge is 0.497 e. The molecule has 134 valence electrons. The number of nitrogens with zero attached hydrogens (tertiary/aromatic N) is 1. The second kappa shape index (κ2) is 6.49. The summed E-state index contributed by atoms with van der Waals surface area (Å²) in [5.41, 5.74) is 2.43. The van der Waals surface area contributed by atoms with Gasteiger partial charge in [-0.05, 0) is 73.7 Å². The number of ether oxygens (including phenoxy) is 1. The fraction of sp³-hybridized carbons (Fsp3) is 0.571. The van der Waals surface area contributed by atoms with Gasteiger partial charge in [-0.25, -0.2) is 0 Å². The maximum Gasteiger partial charge on any atom is 0.167 e. The summed E-state index contributed by atoms with van der Waals surface area (Å²) in [7, 11) is 1.68. The molecule has 0 amide bonds. The molecule has 2 aliphatic carbocycles. The van der Waals surface area contributed by atoms with Gasteiger partial charge in [-0.15, -0.1) is 0 Å². The number of rotatable bonds is 7. The van der Waals surface area contributed by atoms with Crippen LogP contribution in [0.15, 0.2) is 34.9 Å². The first kappa shape index (κ1) is 16.6. The van der Waals surface area contributed by atoms with Crippen molar-refractivity contribution in [1.29, 1.82) is 0 Å². The lowest BCUT2D eigenvalue weighted by Crippen LogP contribution is -2.57. The molecule has 0 radical (unpaired) electrons. The maximum atomic E-state index is 5.57. The van der Waals surface area contributed by atoms with Crippen molar-refractivity contribution in [3.05, 3.63) is 36.0 Å². The molecule has 2 saturated carbocycles. The average Bonchev–Trinajstić information content (AvgIpc) is 3.33. The maximum absolute atomic E-state index is 5.57. The van der Waals surface area contributed by atoms with Gasteiger partial charge in [-0.1, -0.05) is 19.0 Å². The first-order chi connectivity index (χ1) is 12.1. The standard InChI is InChI=1S/C21H28N2O2/c1-21(2)16(11-20(21)22-13-14-4-5-14)10-17-12-19(25-23-17)15-6-8-18(24-3)9-7-15/h6-9,12,14,16,20,22H,4-5,10-11,13H2,1-3H3/t16-,20+/m1/s1. The van der Waals surface area contributed by atoms with E-state index in [0.717, 1.165) is 35.1 Å². The Morgan fingerprint density at radius 2 is 2.00 bits per heavy atom. The second-order valence-electron chi connectivity index (χ2n) is 8.27. The third kappa shape index (κ3) is 3.45. The lowest BCUT2D eigenvalue weighted by Gasteiger charge is -2.52. The predicted octanol–water partition coefficient (Wildman–Crippen LogP) is 4.31. The molecule has 0 aliphatic heterocycles. The summed E-state index contributed by atoms with van der Waals surface area (Å²) < 4.78 is 10.8. The lowest BCUT2D eigenvalue weighted by molar-refractivity contribution is 0.0131. The van der Waals surface area contributed by atoms with E-state index >= 15 is 0 Å². The second-order valence-corrected chi connectivity index (χ2v) is 8.27. The molecule has 0 unspecified atom stereocenters. The minimum absolute atomic E-state index is 0.327. The van der Waals surface area contributed by atoms with Gasteiger partial charge in [0.05, 0.1) is 12.8 Å². The summed E-state index contributed by atoms with van der Waals surface area (Å²) >= 11 is 0. The molecule has 0 saturated heterocycles. The molecule has 4 heteroatoms. The Kier molecular flexibility index (Phi) is 4.32. The Morgan fingerprint density at radius 3 is 2.64 bits per heavy atom. The van der Waals surface area contributed by atoms with Crippen molar-refractivity contribution in [2.75, 3.05) is 13.7 Å². The molecule has 1 aromatic carbocycles. The van der Waals surface area contributed by atoms with E-state index in [1.54, 1.807) is 7.11 Å². The summed E-state index contributed by atoms with van der Waals surface area (Å²) in [6.45, 7) is 5.97. The summed E-state index contributed by atoms with van der Waals surface area (Å²) in [6, 6.07) is 10.6. The molecule has 0 spiro atoms. The Morgan fingerprint density at radius 1 is 1.24 bits per heavy atom. The fourth-order valence-corrected chi connectivity index (χ4v) is 3.89. The predicted molar refractivity (Wildman–Crippen MR) is 98.6 cm³/mol. The van der Waals surface area contributed by atoms with Crippen LogP contribution in [0.4, 0.5) is 0 Å². The van der Waals surface area contributed by atoms with E-state index in [4.69, 9.17) is 9.26 Å². The molecule has 4 nitrogen and oxygen atoms in total. The van der Waals surface area contributed by atoms with Crippen molar-refractivity contribution >= 4 is 0 Å². The average molecular weight is 340 g/mol. The summed E-state index contributed by atoms with van der Waals surface area (Å²) in [5.74, 6) is 3.29. The van der Waals surface area contributed by atoms with Crippen molar-refractivity contribution < 1.29 is 9.26 Å². The van der Waals surface area contributed by atoms with Gasteiger partial charge in [0.2, 0.25) is 0 Å². The van der Waals surface area contributed by atoms with Crippen LogP contribution in [0.2, 0.25) is 0 Å². The van der Waals surface area contributed by atoms with Gasteiger partial charge in [-0.3, -0.25) is 0 Å². The highest BCUT2D eigenvalue weighted by Gasteiger charge is 2.48. The van der Waals surface area contributed by atoms with Gasteiger partial charge in [0.15, 0.2) is 5.76 Å². The lowest BCUT2D eigenvalue weighted by atomic mass is 9.57. The SMILES string of the molecule is COc1ccc(-c2cc(C[C@@H]3C[C@H](NCC4CC4)C3(C)C)no2)cc1. The van der Waals surface area contributed by atoms with Gasteiger partial charge in [0, 0.05) is 17.7 Å². The van der Waals surface area contributed by atoms with Gasteiger partial charge in [-0.2, -0.15) is 0 Å². The number of hydrogen-bond acceptors (Lipinski definition) is 4. The smallest absolute Gasteiger partial charge is 0.167 e. The monoisotopic (exact) mass is 340 g/mol. The van der Waals surface area contributed by atoms with E-state index in [1.165, 1.54) is 25.8 Å². The van der Waals surface area contributed by atoms with Crippen LogP contribution >= 0.6 is 0 Å². The third-order valence-corrected chi connectivity index (χ3v) is 6.21. The zero-order valence-electron chi connectivity index (χ0n) is 15.4. The minimum Gasteiger partial charge on any atom is -0.497 e. The van der Waals surface area contributed by atoms with Crippen molar-refractivity contribution in [2.45, 2.75) is 45.6 Å². The molecule has 2 aromatic rings. The molecular formula is C21H28N2O2. The minimum atomic E-state index is 0.327. The van der Waals surface area contributed by atoms with Gasteiger partial charge >= 0.3 is 0 Å². The van der Waals surface area contributed by atoms with Crippen molar-refractivity contribution in [3.8, 4) is 17.1 Å². The molecule has 1 heterocycles. The van der Waals surface area contributed by atoms with E-state index < -0.39 is 0 Å². The highest BCUT2D eigenvalue weighted by molar-refractivity contribution is 5.58. The number of benzene rings is 1. The number of methoxy groups -OCH3 is 1. The Balaban J connectivity index is 1.36. The first-order valence-corrected chi connectivity index (χ1v) is 9.39. The van der Waals surface area contributed by atoms with E-state index in [1.807, 2.05) is 24.3 Å². The normalized spacial score (nSPS) is 24.8. The first-order valence-electron chi connectivity index (χ1n) is 9.39.